The summed E-state index contributed by atoms with van der Waals surface area (Å²) in [5.74, 6) is 0.768. The molecule has 1 unspecified atom stereocenters. The minimum absolute atomic E-state index is 0.768. The van der Waals surface area contributed by atoms with E-state index in [1.54, 1.807) is 11.1 Å². The lowest BCUT2D eigenvalue weighted by Gasteiger charge is -2.26. The van der Waals surface area contributed by atoms with Crippen LogP contribution in [-0.2, 0) is 0 Å². The minimum Gasteiger partial charge on any atom is -0.0998 e. The molecule has 1 aliphatic rings. The zero-order valence-electron chi connectivity index (χ0n) is 12.1. The number of hydrogen-bond donors (Lipinski definition) is 0. The van der Waals surface area contributed by atoms with Crippen LogP contribution in [0.4, 0.5) is 0 Å². The summed E-state index contributed by atoms with van der Waals surface area (Å²) in [6, 6.07) is 0. The first-order chi connectivity index (χ1) is 8.15. The second-order valence-electron chi connectivity index (χ2n) is 5.83. The Bertz CT molecular complexity index is 270. The highest BCUT2D eigenvalue weighted by molar-refractivity contribution is 5.19. The van der Waals surface area contributed by atoms with Gasteiger partial charge in [0.15, 0.2) is 0 Å². The van der Waals surface area contributed by atoms with E-state index in [-0.39, 0.29) is 0 Å². The average Bonchev–Trinajstić information content (AvgIpc) is 2.30. The van der Waals surface area contributed by atoms with E-state index in [4.69, 9.17) is 0 Å². The summed E-state index contributed by atoms with van der Waals surface area (Å²) in [5.41, 5.74) is 4.82. The van der Waals surface area contributed by atoms with Crippen molar-refractivity contribution in [1.82, 2.24) is 0 Å². The Hall–Kier alpha value is -0.520. The lowest BCUT2D eigenvalue weighted by atomic mass is 9.79. The van der Waals surface area contributed by atoms with Crippen molar-refractivity contribution in [1.29, 1.82) is 0 Å². The highest BCUT2D eigenvalue weighted by Gasteiger charge is 2.18. The molecule has 0 spiro atoms. The van der Waals surface area contributed by atoms with Crippen LogP contribution in [0.25, 0.3) is 0 Å². The normalized spacial score (nSPS) is 20.8. The van der Waals surface area contributed by atoms with Crippen LogP contribution >= 0.6 is 0 Å². The topological polar surface area (TPSA) is 0 Å². The summed E-state index contributed by atoms with van der Waals surface area (Å²) in [6.07, 6.45) is 12.3. The van der Waals surface area contributed by atoms with E-state index in [0.717, 1.165) is 5.92 Å². The Kier molecular flexibility index (Phi) is 6.62. The van der Waals surface area contributed by atoms with Crippen molar-refractivity contribution in [3.05, 3.63) is 23.3 Å². The lowest BCUT2D eigenvalue weighted by molar-refractivity contribution is 0.501. The van der Waals surface area contributed by atoms with Gasteiger partial charge in [-0.3, -0.25) is 0 Å². The predicted octanol–water partition coefficient (Wildman–Crippen LogP) is 6.04. The van der Waals surface area contributed by atoms with Gasteiger partial charge in [-0.15, -0.1) is 0 Å². The van der Waals surface area contributed by atoms with E-state index in [9.17, 15) is 0 Å². The molecule has 0 nitrogen and oxygen atoms in total. The van der Waals surface area contributed by atoms with Gasteiger partial charge in [0, 0.05) is 0 Å². The van der Waals surface area contributed by atoms with Crippen molar-refractivity contribution in [2.75, 3.05) is 0 Å². The molecular formula is C17H30. The molecule has 0 saturated heterocycles. The van der Waals surface area contributed by atoms with Gasteiger partial charge < -0.3 is 0 Å². The second-order valence-corrected chi connectivity index (χ2v) is 5.83. The molecule has 0 bridgehead atoms. The Morgan fingerprint density at radius 1 is 1.24 bits per heavy atom. The van der Waals surface area contributed by atoms with E-state index in [1.165, 1.54) is 63.4 Å². The molecule has 0 aromatic heterocycles. The SMILES string of the molecule is C=C(C)C1CCC(C)=C(CCCCCCC)C1. The molecule has 0 amide bonds. The van der Waals surface area contributed by atoms with Gasteiger partial charge >= 0.3 is 0 Å². The van der Waals surface area contributed by atoms with Crippen LogP contribution in [0, 0.1) is 5.92 Å². The molecule has 98 valence electrons. The first-order valence-corrected chi connectivity index (χ1v) is 7.48. The molecule has 0 fully saturated rings. The maximum absolute atomic E-state index is 4.14. The van der Waals surface area contributed by atoms with E-state index in [1.807, 2.05) is 0 Å². The summed E-state index contributed by atoms with van der Waals surface area (Å²) in [5, 5.41) is 0. The Balaban J connectivity index is 2.32. The molecule has 0 aromatic rings. The minimum atomic E-state index is 0.768. The summed E-state index contributed by atoms with van der Waals surface area (Å²) in [4.78, 5) is 0. The molecule has 0 heterocycles. The first kappa shape index (κ1) is 14.5. The maximum Gasteiger partial charge on any atom is -0.0168 e. The summed E-state index contributed by atoms with van der Waals surface area (Å²) in [6.45, 7) is 11.0. The van der Waals surface area contributed by atoms with Crippen molar-refractivity contribution in [3.8, 4) is 0 Å². The van der Waals surface area contributed by atoms with Gasteiger partial charge in [0.05, 0.1) is 0 Å². The van der Waals surface area contributed by atoms with E-state index >= 15 is 0 Å². The smallest absolute Gasteiger partial charge is 0.0168 e. The van der Waals surface area contributed by atoms with Gasteiger partial charge in [0.2, 0.25) is 0 Å². The zero-order valence-corrected chi connectivity index (χ0v) is 12.1. The number of unbranched alkanes of at least 4 members (excludes halogenated alkanes) is 4. The highest BCUT2D eigenvalue weighted by atomic mass is 14.2. The van der Waals surface area contributed by atoms with Crippen LogP contribution in [0.5, 0.6) is 0 Å². The van der Waals surface area contributed by atoms with Gasteiger partial charge in [0.25, 0.3) is 0 Å². The third-order valence-electron chi connectivity index (χ3n) is 4.24. The van der Waals surface area contributed by atoms with E-state index < -0.39 is 0 Å². The largest absolute Gasteiger partial charge is 0.0998 e. The summed E-state index contributed by atoms with van der Waals surface area (Å²) in [7, 11) is 0. The summed E-state index contributed by atoms with van der Waals surface area (Å²) >= 11 is 0. The molecule has 0 radical (unpaired) electrons. The van der Waals surface area contributed by atoms with Crippen molar-refractivity contribution < 1.29 is 0 Å². The molecule has 0 N–H and O–H groups in total. The van der Waals surface area contributed by atoms with Gasteiger partial charge in [-0.2, -0.15) is 0 Å². The van der Waals surface area contributed by atoms with Gasteiger partial charge in [-0.1, -0.05) is 55.9 Å². The second kappa shape index (κ2) is 7.74. The van der Waals surface area contributed by atoms with E-state index in [2.05, 4.69) is 27.4 Å². The maximum atomic E-state index is 4.14. The van der Waals surface area contributed by atoms with Crippen LogP contribution in [0.1, 0.15) is 78.6 Å². The molecular weight excluding hydrogens is 204 g/mol. The van der Waals surface area contributed by atoms with Crippen LogP contribution in [0.2, 0.25) is 0 Å². The standard InChI is InChI=1S/C17H30/c1-5-6-7-8-9-10-17-13-16(14(2)3)12-11-15(17)4/h16H,2,5-13H2,1,3-4H3. The molecule has 0 aromatic carbocycles. The monoisotopic (exact) mass is 234 g/mol. The predicted molar refractivity (Wildman–Crippen MR) is 78.2 cm³/mol. The third-order valence-corrected chi connectivity index (χ3v) is 4.24. The quantitative estimate of drug-likeness (QED) is 0.372. The molecule has 17 heavy (non-hydrogen) atoms. The van der Waals surface area contributed by atoms with Gasteiger partial charge in [-0.25, -0.2) is 0 Å². The van der Waals surface area contributed by atoms with Crippen molar-refractivity contribution >= 4 is 0 Å². The molecule has 1 rings (SSSR count). The molecule has 1 aliphatic carbocycles. The fraction of sp³-hybridized carbons (Fsp3) is 0.765. The van der Waals surface area contributed by atoms with Crippen molar-refractivity contribution in [2.24, 2.45) is 5.92 Å². The fourth-order valence-corrected chi connectivity index (χ4v) is 2.82. The van der Waals surface area contributed by atoms with Crippen molar-refractivity contribution in [3.63, 3.8) is 0 Å². The highest BCUT2D eigenvalue weighted by Crippen LogP contribution is 2.35. The van der Waals surface area contributed by atoms with Crippen LogP contribution in [-0.4, -0.2) is 0 Å². The van der Waals surface area contributed by atoms with Crippen LogP contribution < -0.4 is 0 Å². The molecule has 0 heteroatoms. The Morgan fingerprint density at radius 3 is 2.59 bits per heavy atom. The number of hydrogen-bond acceptors (Lipinski definition) is 0. The Labute approximate surface area is 108 Å². The van der Waals surface area contributed by atoms with Gasteiger partial charge in [0.1, 0.15) is 0 Å². The molecule has 1 atom stereocenters. The first-order valence-electron chi connectivity index (χ1n) is 7.48. The van der Waals surface area contributed by atoms with Crippen LogP contribution in [0.15, 0.2) is 23.3 Å². The fourth-order valence-electron chi connectivity index (χ4n) is 2.82. The zero-order chi connectivity index (χ0) is 12.7. The third kappa shape index (κ3) is 5.10. The van der Waals surface area contributed by atoms with E-state index in [0.29, 0.717) is 0 Å². The molecule has 0 saturated carbocycles. The van der Waals surface area contributed by atoms with Crippen molar-refractivity contribution in [2.45, 2.75) is 78.6 Å². The Morgan fingerprint density at radius 2 is 1.94 bits per heavy atom. The lowest BCUT2D eigenvalue weighted by Crippen LogP contribution is -2.10. The number of rotatable bonds is 7. The number of allylic oxidation sites excluding steroid dienone is 3. The van der Waals surface area contributed by atoms with Gasteiger partial charge in [-0.05, 0) is 51.9 Å². The average molecular weight is 234 g/mol. The van der Waals surface area contributed by atoms with Crippen LogP contribution in [0.3, 0.4) is 0 Å². The molecule has 0 aliphatic heterocycles. The summed E-state index contributed by atoms with van der Waals surface area (Å²) < 4.78 is 0.